The fourth-order valence-corrected chi connectivity index (χ4v) is 2.70. The van der Waals surface area contributed by atoms with E-state index < -0.39 is 17.5 Å². The highest BCUT2D eigenvalue weighted by Crippen LogP contribution is 2.13. The van der Waals surface area contributed by atoms with Gasteiger partial charge in [0.15, 0.2) is 0 Å². The summed E-state index contributed by atoms with van der Waals surface area (Å²) < 4.78 is 26.2. The van der Waals surface area contributed by atoms with Gasteiger partial charge < -0.3 is 5.32 Å². The van der Waals surface area contributed by atoms with E-state index in [1.54, 1.807) is 11.8 Å². The first-order chi connectivity index (χ1) is 10.6. The van der Waals surface area contributed by atoms with E-state index in [0.717, 1.165) is 23.6 Å². The largest absolute Gasteiger partial charge is 0.351 e. The number of carbonyl (C=O) groups excluding carboxylic acids is 1. The normalized spacial score (nSPS) is 10.5. The Bertz CT molecular complexity index is 644. The molecule has 2 aromatic carbocycles. The van der Waals surface area contributed by atoms with Crippen molar-refractivity contribution < 1.29 is 13.6 Å². The maximum Gasteiger partial charge on any atom is 0.254 e. The van der Waals surface area contributed by atoms with Crippen LogP contribution in [0.5, 0.6) is 0 Å². The van der Waals surface area contributed by atoms with Crippen molar-refractivity contribution in [1.82, 2.24) is 5.32 Å². The maximum atomic E-state index is 13.4. The minimum absolute atomic E-state index is 0.134. The van der Waals surface area contributed by atoms with Crippen molar-refractivity contribution in [2.75, 3.05) is 12.3 Å². The van der Waals surface area contributed by atoms with Gasteiger partial charge in [0.25, 0.3) is 5.91 Å². The first-order valence-electron chi connectivity index (χ1n) is 6.93. The van der Waals surface area contributed by atoms with Crippen LogP contribution in [-0.4, -0.2) is 18.2 Å². The molecule has 0 aromatic heterocycles. The van der Waals surface area contributed by atoms with Crippen LogP contribution >= 0.6 is 11.8 Å². The van der Waals surface area contributed by atoms with Crippen molar-refractivity contribution in [3.05, 3.63) is 70.8 Å². The Morgan fingerprint density at radius 3 is 2.55 bits per heavy atom. The molecule has 1 amide bonds. The molecule has 1 N–H and O–H groups in total. The number of hydrogen-bond donors (Lipinski definition) is 1. The molecule has 0 aliphatic heterocycles. The lowest BCUT2D eigenvalue weighted by molar-refractivity contribution is 0.0952. The van der Waals surface area contributed by atoms with E-state index in [0.29, 0.717) is 12.6 Å². The number of halogens is 2. The second-order valence-electron chi connectivity index (χ2n) is 4.92. The van der Waals surface area contributed by atoms with Gasteiger partial charge >= 0.3 is 0 Å². The molecule has 0 bridgehead atoms. The number of nitrogens with one attached hydrogen (secondary N) is 1. The van der Waals surface area contributed by atoms with Crippen LogP contribution < -0.4 is 5.32 Å². The van der Waals surface area contributed by atoms with Gasteiger partial charge in [-0.2, -0.15) is 11.8 Å². The SMILES string of the molecule is Cc1ccc(CSCCNC(=O)c2ccc(F)cc2F)cc1. The number of aryl methyl sites for hydroxylation is 1. The maximum absolute atomic E-state index is 13.4. The van der Waals surface area contributed by atoms with Crippen molar-refractivity contribution in [1.29, 1.82) is 0 Å². The zero-order valence-corrected chi connectivity index (χ0v) is 13.1. The average Bonchev–Trinajstić information content (AvgIpc) is 2.48. The quantitative estimate of drug-likeness (QED) is 0.817. The minimum Gasteiger partial charge on any atom is -0.351 e. The van der Waals surface area contributed by atoms with Gasteiger partial charge in [-0.05, 0) is 24.6 Å². The fourth-order valence-electron chi connectivity index (χ4n) is 1.88. The number of rotatable bonds is 6. The van der Waals surface area contributed by atoms with E-state index in [2.05, 4.69) is 29.6 Å². The lowest BCUT2D eigenvalue weighted by Crippen LogP contribution is -2.26. The van der Waals surface area contributed by atoms with Gasteiger partial charge in [-0.1, -0.05) is 29.8 Å². The summed E-state index contributed by atoms with van der Waals surface area (Å²) in [6.07, 6.45) is 0. The lowest BCUT2D eigenvalue weighted by Gasteiger charge is -2.06. The van der Waals surface area contributed by atoms with Gasteiger partial charge in [0.05, 0.1) is 5.56 Å². The summed E-state index contributed by atoms with van der Waals surface area (Å²) in [4.78, 5) is 11.8. The lowest BCUT2D eigenvalue weighted by atomic mass is 10.2. The number of carbonyl (C=O) groups is 1. The summed E-state index contributed by atoms with van der Waals surface area (Å²) in [6, 6.07) is 11.2. The van der Waals surface area contributed by atoms with E-state index in [1.165, 1.54) is 11.1 Å². The van der Waals surface area contributed by atoms with Gasteiger partial charge in [-0.25, -0.2) is 8.78 Å². The average molecular weight is 321 g/mol. The van der Waals surface area contributed by atoms with Crippen molar-refractivity contribution in [2.24, 2.45) is 0 Å². The van der Waals surface area contributed by atoms with E-state index in [1.807, 2.05) is 6.92 Å². The van der Waals surface area contributed by atoms with E-state index in [-0.39, 0.29) is 5.56 Å². The van der Waals surface area contributed by atoms with Crippen LogP contribution in [0.4, 0.5) is 8.78 Å². The Labute approximate surface area is 132 Å². The summed E-state index contributed by atoms with van der Waals surface area (Å²) in [5.74, 6) is -0.468. The summed E-state index contributed by atoms with van der Waals surface area (Å²) in [5.41, 5.74) is 2.32. The molecule has 0 aliphatic rings. The zero-order chi connectivity index (χ0) is 15.9. The van der Waals surface area contributed by atoms with Gasteiger partial charge in [0.2, 0.25) is 0 Å². The monoisotopic (exact) mass is 321 g/mol. The molecule has 2 aromatic rings. The van der Waals surface area contributed by atoms with Crippen LogP contribution in [0.15, 0.2) is 42.5 Å². The first-order valence-corrected chi connectivity index (χ1v) is 8.08. The molecule has 2 rings (SSSR count). The third-order valence-electron chi connectivity index (χ3n) is 3.10. The van der Waals surface area contributed by atoms with Crippen molar-refractivity contribution >= 4 is 17.7 Å². The molecule has 116 valence electrons. The Morgan fingerprint density at radius 2 is 1.86 bits per heavy atom. The molecule has 0 spiro atoms. The molecule has 0 atom stereocenters. The smallest absolute Gasteiger partial charge is 0.254 e. The van der Waals surface area contributed by atoms with Crippen molar-refractivity contribution in [3.63, 3.8) is 0 Å². The zero-order valence-electron chi connectivity index (χ0n) is 12.2. The van der Waals surface area contributed by atoms with Crippen LogP contribution in [0.25, 0.3) is 0 Å². The Hall–Kier alpha value is -1.88. The number of amides is 1. The third kappa shape index (κ3) is 4.84. The molecule has 0 fully saturated rings. The number of benzene rings is 2. The third-order valence-corrected chi connectivity index (χ3v) is 4.13. The van der Waals surface area contributed by atoms with Crippen LogP contribution in [0.2, 0.25) is 0 Å². The molecular formula is C17H17F2NOS. The molecule has 0 heterocycles. The number of thioether (sulfide) groups is 1. The van der Waals surface area contributed by atoms with E-state index in [4.69, 9.17) is 0 Å². The first kappa shape index (κ1) is 16.5. The van der Waals surface area contributed by atoms with E-state index >= 15 is 0 Å². The molecule has 0 saturated carbocycles. The summed E-state index contributed by atoms with van der Waals surface area (Å²) in [5, 5.41) is 2.63. The van der Waals surface area contributed by atoms with Crippen molar-refractivity contribution in [2.45, 2.75) is 12.7 Å². The second kappa shape index (κ2) is 7.94. The van der Waals surface area contributed by atoms with Gasteiger partial charge in [-0.15, -0.1) is 0 Å². The Balaban J connectivity index is 1.72. The fraction of sp³-hybridized carbons (Fsp3) is 0.235. The van der Waals surface area contributed by atoms with Crippen LogP contribution in [0.1, 0.15) is 21.5 Å². The summed E-state index contributed by atoms with van der Waals surface area (Å²) in [7, 11) is 0. The van der Waals surface area contributed by atoms with Gasteiger partial charge in [0, 0.05) is 24.1 Å². The molecule has 22 heavy (non-hydrogen) atoms. The molecule has 5 heteroatoms. The predicted octanol–water partition coefficient (Wildman–Crippen LogP) is 3.94. The highest BCUT2D eigenvalue weighted by molar-refractivity contribution is 7.98. The van der Waals surface area contributed by atoms with E-state index in [9.17, 15) is 13.6 Å². The highest BCUT2D eigenvalue weighted by Gasteiger charge is 2.11. The Kier molecular flexibility index (Phi) is 5.95. The van der Waals surface area contributed by atoms with Crippen molar-refractivity contribution in [3.8, 4) is 0 Å². The molecule has 2 nitrogen and oxygen atoms in total. The van der Waals surface area contributed by atoms with Crippen LogP contribution in [-0.2, 0) is 5.75 Å². The second-order valence-corrected chi connectivity index (χ2v) is 6.02. The predicted molar refractivity (Wildman–Crippen MR) is 86.0 cm³/mol. The summed E-state index contributed by atoms with van der Waals surface area (Å²) in [6.45, 7) is 2.48. The number of hydrogen-bond acceptors (Lipinski definition) is 2. The molecule has 0 unspecified atom stereocenters. The highest BCUT2D eigenvalue weighted by atomic mass is 32.2. The molecule has 0 saturated heterocycles. The Morgan fingerprint density at radius 1 is 1.14 bits per heavy atom. The standard InChI is InChI=1S/C17H17F2NOS/c1-12-2-4-13(5-3-12)11-22-9-8-20-17(21)15-7-6-14(18)10-16(15)19/h2-7,10H,8-9,11H2,1H3,(H,20,21). The van der Waals surface area contributed by atoms with Crippen LogP contribution in [0, 0.1) is 18.6 Å². The topological polar surface area (TPSA) is 29.1 Å². The molecular weight excluding hydrogens is 304 g/mol. The summed E-state index contributed by atoms with van der Waals surface area (Å²) >= 11 is 1.69. The van der Waals surface area contributed by atoms with Gasteiger partial charge in [-0.3, -0.25) is 4.79 Å². The van der Waals surface area contributed by atoms with Gasteiger partial charge in [0.1, 0.15) is 11.6 Å². The molecule has 0 aliphatic carbocycles. The van der Waals surface area contributed by atoms with Crippen LogP contribution in [0.3, 0.4) is 0 Å². The minimum atomic E-state index is -0.843. The molecule has 0 radical (unpaired) electrons.